The summed E-state index contributed by atoms with van der Waals surface area (Å²) in [4.78, 5) is 5.94. The van der Waals surface area contributed by atoms with Crippen molar-refractivity contribution in [2.75, 3.05) is 20.3 Å². The zero-order valence-corrected chi connectivity index (χ0v) is 23.2. The number of aliphatic hydroxyl groups excluding tert-OH is 2. The Bertz CT molecular complexity index is 783. The molecule has 0 aromatic rings. The lowest BCUT2D eigenvalue weighted by Gasteiger charge is -2.71. The summed E-state index contributed by atoms with van der Waals surface area (Å²) in [6.45, 7) is 16.2. The second-order valence-electron chi connectivity index (χ2n) is 14.7. The fraction of sp³-hybridized carbons (Fsp3) is 1.00. The van der Waals surface area contributed by atoms with Crippen molar-refractivity contribution < 1.29 is 15.1 Å². The first-order valence-corrected chi connectivity index (χ1v) is 14.5. The molecule has 0 bridgehead atoms. The zero-order valence-electron chi connectivity index (χ0n) is 23.2. The number of hydroxylamine groups is 2. The van der Waals surface area contributed by atoms with Crippen LogP contribution in [-0.2, 0) is 4.84 Å². The molecule has 0 radical (unpaired) electrons. The van der Waals surface area contributed by atoms with Crippen molar-refractivity contribution in [1.29, 1.82) is 0 Å². The highest BCUT2D eigenvalue weighted by molar-refractivity contribution is 5.19. The molecule has 5 rings (SSSR count). The Morgan fingerprint density at radius 1 is 0.882 bits per heavy atom. The van der Waals surface area contributed by atoms with E-state index in [1.165, 1.54) is 44.9 Å². The van der Waals surface area contributed by atoms with E-state index in [1.54, 1.807) is 0 Å². The van der Waals surface area contributed by atoms with Crippen LogP contribution in [0.5, 0.6) is 0 Å². The molecule has 5 fully saturated rings. The van der Waals surface area contributed by atoms with Gasteiger partial charge in [0.1, 0.15) is 0 Å². The number of hydrogen-bond donors (Lipinski definition) is 2. The second-order valence-corrected chi connectivity index (χ2v) is 14.7. The summed E-state index contributed by atoms with van der Waals surface area (Å²) in [7, 11) is 1.86. The first kappa shape index (κ1) is 25.5. The van der Waals surface area contributed by atoms with E-state index < -0.39 is 0 Å². The summed E-state index contributed by atoms with van der Waals surface area (Å²) in [6.07, 6.45) is 12.1. The van der Waals surface area contributed by atoms with Gasteiger partial charge in [0.25, 0.3) is 0 Å². The van der Waals surface area contributed by atoms with Crippen LogP contribution in [0.15, 0.2) is 0 Å². The van der Waals surface area contributed by atoms with Gasteiger partial charge in [-0.3, -0.25) is 0 Å². The molecule has 196 valence electrons. The molecule has 0 aromatic carbocycles. The molecule has 4 aliphatic carbocycles. The topological polar surface area (TPSA) is 52.9 Å². The fourth-order valence-electron chi connectivity index (χ4n) is 11.9. The van der Waals surface area contributed by atoms with Crippen LogP contribution in [0.2, 0.25) is 0 Å². The number of aliphatic hydroxyl groups is 2. The van der Waals surface area contributed by atoms with Crippen molar-refractivity contribution in [2.24, 2.45) is 51.2 Å². The van der Waals surface area contributed by atoms with Gasteiger partial charge in [0, 0.05) is 18.7 Å². The van der Waals surface area contributed by atoms with Gasteiger partial charge in [-0.2, -0.15) is 5.06 Å². The minimum absolute atomic E-state index is 0.0550. The van der Waals surface area contributed by atoms with Crippen molar-refractivity contribution in [3.63, 3.8) is 0 Å². The average molecular weight is 476 g/mol. The highest BCUT2D eigenvalue weighted by Crippen LogP contribution is 2.76. The molecule has 4 nitrogen and oxygen atoms in total. The molecule has 0 unspecified atom stereocenters. The summed E-state index contributed by atoms with van der Waals surface area (Å²) < 4.78 is 0. The van der Waals surface area contributed by atoms with Crippen LogP contribution < -0.4 is 0 Å². The Hall–Kier alpha value is -0.160. The standard InChI is InChI=1S/C30H53NO3/c1-20(33)21-11-15-30(19-32)17-16-28(5)22(25(21)30)9-10-24-27(4)13-8-18-31(34-7)26(2,3)23(27)12-14-29(24,28)6/h20-25,32-33H,8-19H2,1-7H3/t20-,21+,22-,23+,24-,25-,27+,28-,29-,30-/m1/s1. The molecule has 0 aromatic heterocycles. The van der Waals surface area contributed by atoms with Gasteiger partial charge in [0.15, 0.2) is 0 Å². The van der Waals surface area contributed by atoms with E-state index in [1.807, 2.05) is 14.0 Å². The van der Waals surface area contributed by atoms with Crippen LogP contribution >= 0.6 is 0 Å². The van der Waals surface area contributed by atoms with Crippen LogP contribution in [-0.4, -0.2) is 47.2 Å². The number of fused-ring (bicyclic) bond motifs is 7. The van der Waals surface area contributed by atoms with Crippen molar-refractivity contribution in [3.8, 4) is 0 Å². The molecule has 1 heterocycles. The van der Waals surface area contributed by atoms with Gasteiger partial charge in [-0.15, -0.1) is 0 Å². The van der Waals surface area contributed by atoms with Crippen molar-refractivity contribution in [3.05, 3.63) is 0 Å². The lowest BCUT2D eigenvalue weighted by atomic mass is 9.33. The van der Waals surface area contributed by atoms with Gasteiger partial charge in [-0.25, -0.2) is 0 Å². The maximum absolute atomic E-state index is 10.8. The average Bonchev–Trinajstić information content (AvgIpc) is 3.13. The first-order chi connectivity index (χ1) is 15.9. The fourth-order valence-corrected chi connectivity index (χ4v) is 11.9. The molecule has 0 spiro atoms. The van der Waals surface area contributed by atoms with E-state index in [4.69, 9.17) is 4.84 Å². The molecular formula is C30H53NO3. The van der Waals surface area contributed by atoms with E-state index in [9.17, 15) is 10.2 Å². The Kier molecular flexibility index (Phi) is 6.12. The third-order valence-electron chi connectivity index (χ3n) is 13.6. The predicted molar refractivity (Wildman–Crippen MR) is 137 cm³/mol. The largest absolute Gasteiger partial charge is 0.396 e. The molecule has 1 saturated heterocycles. The molecule has 4 saturated carbocycles. The summed E-state index contributed by atoms with van der Waals surface area (Å²) in [5, 5.41) is 23.8. The van der Waals surface area contributed by atoms with Gasteiger partial charge in [0.2, 0.25) is 0 Å². The monoisotopic (exact) mass is 475 g/mol. The molecule has 0 amide bonds. The van der Waals surface area contributed by atoms with Crippen LogP contribution in [0.4, 0.5) is 0 Å². The Balaban J connectivity index is 1.54. The van der Waals surface area contributed by atoms with Crippen molar-refractivity contribution in [2.45, 2.75) is 117 Å². The van der Waals surface area contributed by atoms with Crippen molar-refractivity contribution >= 4 is 0 Å². The van der Waals surface area contributed by atoms with E-state index in [2.05, 4.69) is 39.7 Å². The molecule has 10 atom stereocenters. The van der Waals surface area contributed by atoms with Crippen LogP contribution in [0.25, 0.3) is 0 Å². The third kappa shape index (κ3) is 3.10. The van der Waals surface area contributed by atoms with E-state index >= 15 is 0 Å². The normalized spacial score (nSPS) is 53.7. The third-order valence-corrected chi connectivity index (χ3v) is 13.6. The second kappa shape index (κ2) is 8.17. The lowest BCUT2D eigenvalue weighted by molar-refractivity contribution is -0.255. The van der Waals surface area contributed by atoms with Gasteiger partial charge >= 0.3 is 0 Å². The number of hydrogen-bond acceptors (Lipinski definition) is 4. The number of rotatable bonds is 3. The van der Waals surface area contributed by atoms with Crippen molar-refractivity contribution in [1.82, 2.24) is 5.06 Å². The first-order valence-electron chi connectivity index (χ1n) is 14.5. The Labute approximate surface area is 209 Å². The van der Waals surface area contributed by atoms with E-state index in [0.29, 0.717) is 46.5 Å². The van der Waals surface area contributed by atoms with Gasteiger partial charge in [-0.05, 0) is 136 Å². The molecular weight excluding hydrogens is 422 g/mol. The highest BCUT2D eigenvalue weighted by Gasteiger charge is 2.70. The highest BCUT2D eigenvalue weighted by atomic mass is 16.7. The van der Waals surface area contributed by atoms with Gasteiger partial charge < -0.3 is 15.1 Å². The maximum atomic E-state index is 10.8. The number of nitrogens with zero attached hydrogens (tertiary/aromatic N) is 1. The smallest absolute Gasteiger partial charge is 0.0575 e. The molecule has 34 heavy (non-hydrogen) atoms. The lowest BCUT2D eigenvalue weighted by Crippen LogP contribution is -2.66. The minimum atomic E-state index is -0.262. The quantitative estimate of drug-likeness (QED) is 0.521. The summed E-state index contributed by atoms with van der Waals surface area (Å²) in [5.74, 6) is 2.86. The minimum Gasteiger partial charge on any atom is -0.396 e. The van der Waals surface area contributed by atoms with E-state index in [-0.39, 0.29) is 17.1 Å². The summed E-state index contributed by atoms with van der Waals surface area (Å²) in [6, 6.07) is 0. The van der Waals surface area contributed by atoms with Crippen LogP contribution in [0.3, 0.4) is 0 Å². The maximum Gasteiger partial charge on any atom is 0.0575 e. The summed E-state index contributed by atoms with van der Waals surface area (Å²) in [5.41, 5.74) is 1.07. The zero-order chi connectivity index (χ0) is 24.7. The molecule has 4 heteroatoms. The van der Waals surface area contributed by atoms with Gasteiger partial charge in [0.05, 0.1) is 13.2 Å². The SMILES string of the molecule is CON1CCC[C@]2(C)[C@H]3CC[C@@H]4[C@H]5[C@H]([C@@H](C)O)CC[C@]5(CO)CC[C@@]4(C)[C@]3(C)CC[C@H]2C1(C)C. The van der Waals surface area contributed by atoms with E-state index in [0.717, 1.165) is 31.7 Å². The van der Waals surface area contributed by atoms with Crippen LogP contribution in [0, 0.1) is 51.2 Å². The molecule has 5 aliphatic rings. The molecule has 1 aliphatic heterocycles. The Morgan fingerprint density at radius 3 is 2.26 bits per heavy atom. The molecule has 2 N–H and O–H groups in total. The predicted octanol–water partition coefficient (Wildman–Crippen LogP) is 6.06. The van der Waals surface area contributed by atoms with Gasteiger partial charge in [-0.1, -0.05) is 20.8 Å². The Morgan fingerprint density at radius 2 is 1.62 bits per heavy atom. The summed E-state index contributed by atoms with van der Waals surface area (Å²) >= 11 is 0. The van der Waals surface area contributed by atoms with Crippen LogP contribution in [0.1, 0.15) is 106 Å².